The second-order valence-corrected chi connectivity index (χ2v) is 4.89. The largest absolute Gasteiger partial charge is 0.380 e. The van der Waals surface area contributed by atoms with Gasteiger partial charge in [-0.15, -0.1) is 0 Å². The molecule has 1 aliphatic heterocycles. The van der Waals surface area contributed by atoms with Crippen molar-refractivity contribution < 1.29 is 4.74 Å². The summed E-state index contributed by atoms with van der Waals surface area (Å²) in [6, 6.07) is 0.825. The highest BCUT2D eigenvalue weighted by molar-refractivity contribution is 4.74. The number of hydrogen-bond donors (Lipinski definition) is 1. The molecule has 3 heteroatoms. The number of hydrogen-bond acceptors (Lipinski definition) is 3. The maximum atomic E-state index is 5.31. The number of nitrogens with zero attached hydrogens (tertiary/aromatic N) is 1. The van der Waals surface area contributed by atoms with E-state index in [4.69, 9.17) is 4.74 Å². The van der Waals surface area contributed by atoms with Crippen LogP contribution in [0.15, 0.2) is 0 Å². The summed E-state index contributed by atoms with van der Waals surface area (Å²) in [4.78, 5) is 2.68. The van der Waals surface area contributed by atoms with Crippen molar-refractivity contribution >= 4 is 0 Å². The van der Waals surface area contributed by atoms with Gasteiger partial charge >= 0.3 is 0 Å². The van der Waals surface area contributed by atoms with Crippen LogP contribution in [0.2, 0.25) is 0 Å². The average molecular weight is 242 g/mol. The van der Waals surface area contributed by atoms with E-state index in [0.29, 0.717) is 0 Å². The van der Waals surface area contributed by atoms with Gasteiger partial charge in [0.2, 0.25) is 0 Å². The van der Waals surface area contributed by atoms with Crippen molar-refractivity contribution in [1.82, 2.24) is 10.2 Å². The normalized spacial score (nSPS) is 22.6. The maximum absolute atomic E-state index is 5.31. The molecule has 0 aliphatic carbocycles. The van der Waals surface area contributed by atoms with Crippen LogP contribution in [0.25, 0.3) is 0 Å². The molecule has 17 heavy (non-hydrogen) atoms. The summed E-state index contributed by atoms with van der Waals surface area (Å²) in [7, 11) is 0. The molecule has 1 rings (SSSR count). The Kier molecular flexibility index (Phi) is 8.67. The van der Waals surface area contributed by atoms with Crippen molar-refractivity contribution in [2.45, 2.75) is 52.0 Å². The molecular weight excluding hydrogens is 212 g/mol. The molecule has 0 saturated carbocycles. The Labute approximate surface area is 107 Å². The minimum atomic E-state index is 0.825. The predicted molar refractivity (Wildman–Crippen MR) is 73.5 cm³/mol. The van der Waals surface area contributed by atoms with Crippen molar-refractivity contribution in [3.8, 4) is 0 Å². The zero-order valence-electron chi connectivity index (χ0n) is 11.7. The lowest BCUT2D eigenvalue weighted by Gasteiger charge is -2.29. The fourth-order valence-electron chi connectivity index (χ4n) is 2.63. The Morgan fingerprint density at radius 2 is 2.06 bits per heavy atom. The van der Waals surface area contributed by atoms with Gasteiger partial charge < -0.3 is 10.1 Å². The number of likely N-dealkylation sites (tertiary alicyclic amines) is 1. The summed E-state index contributed by atoms with van der Waals surface area (Å²) in [6.45, 7) is 10.6. The predicted octanol–water partition coefficient (Wildman–Crippen LogP) is 2.27. The average Bonchev–Trinajstić information content (AvgIpc) is 2.58. The Bertz CT molecular complexity index is 176. The fraction of sp³-hybridized carbons (Fsp3) is 1.00. The van der Waals surface area contributed by atoms with Gasteiger partial charge in [0.1, 0.15) is 0 Å². The van der Waals surface area contributed by atoms with Gasteiger partial charge in [-0.1, -0.05) is 19.8 Å². The summed E-state index contributed by atoms with van der Waals surface area (Å²) in [5.74, 6) is 0. The zero-order chi connectivity index (χ0) is 12.3. The molecule has 102 valence electrons. The Hall–Kier alpha value is -0.120. The first-order valence-electron chi connectivity index (χ1n) is 7.41. The highest BCUT2D eigenvalue weighted by Crippen LogP contribution is 2.18. The molecule has 0 aromatic heterocycles. The van der Waals surface area contributed by atoms with Crippen LogP contribution in [0, 0.1) is 0 Å². The smallest absolute Gasteiger partial charge is 0.0590 e. The van der Waals surface area contributed by atoms with E-state index in [-0.39, 0.29) is 0 Å². The van der Waals surface area contributed by atoms with E-state index in [9.17, 15) is 0 Å². The second-order valence-electron chi connectivity index (χ2n) is 4.89. The molecule has 1 N–H and O–H groups in total. The Balaban J connectivity index is 2.10. The molecule has 1 atom stereocenters. The summed E-state index contributed by atoms with van der Waals surface area (Å²) in [6.07, 6.45) is 6.93. The molecule has 3 nitrogen and oxygen atoms in total. The lowest BCUT2D eigenvalue weighted by molar-refractivity contribution is 0.146. The van der Waals surface area contributed by atoms with E-state index in [1.165, 1.54) is 45.2 Å². The highest BCUT2D eigenvalue weighted by Gasteiger charge is 2.18. The van der Waals surface area contributed by atoms with E-state index < -0.39 is 0 Å². The second kappa shape index (κ2) is 9.86. The van der Waals surface area contributed by atoms with Crippen LogP contribution in [0.5, 0.6) is 0 Å². The molecule has 1 aliphatic rings. The van der Waals surface area contributed by atoms with E-state index in [1.807, 2.05) is 6.92 Å². The van der Waals surface area contributed by atoms with Gasteiger partial charge in [-0.3, -0.25) is 4.90 Å². The lowest BCUT2D eigenvalue weighted by Crippen LogP contribution is -2.39. The molecule has 1 unspecified atom stereocenters. The van der Waals surface area contributed by atoms with Gasteiger partial charge in [0, 0.05) is 32.3 Å². The first-order valence-corrected chi connectivity index (χ1v) is 7.41. The van der Waals surface area contributed by atoms with E-state index in [0.717, 1.165) is 32.3 Å². The number of ether oxygens (including phenoxy) is 1. The van der Waals surface area contributed by atoms with Crippen molar-refractivity contribution in [1.29, 1.82) is 0 Å². The van der Waals surface area contributed by atoms with Crippen molar-refractivity contribution in [3.63, 3.8) is 0 Å². The summed E-state index contributed by atoms with van der Waals surface area (Å²) in [5, 5.41) is 3.47. The third-order valence-corrected chi connectivity index (χ3v) is 3.67. The Morgan fingerprint density at radius 1 is 1.18 bits per heavy atom. The van der Waals surface area contributed by atoms with Gasteiger partial charge in [-0.25, -0.2) is 0 Å². The molecule has 0 amide bonds. The third-order valence-electron chi connectivity index (χ3n) is 3.67. The van der Waals surface area contributed by atoms with Gasteiger partial charge in [0.25, 0.3) is 0 Å². The van der Waals surface area contributed by atoms with Crippen LogP contribution in [0.4, 0.5) is 0 Å². The first kappa shape index (κ1) is 14.9. The van der Waals surface area contributed by atoms with Gasteiger partial charge in [-0.2, -0.15) is 0 Å². The van der Waals surface area contributed by atoms with Crippen LogP contribution < -0.4 is 5.32 Å². The van der Waals surface area contributed by atoms with Crippen LogP contribution in [0.1, 0.15) is 46.0 Å². The third kappa shape index (κ3) is 6.39. The summed E-state index contributed by atoms with van der Waals surface area (Å²) >= 11 is 0. The van der Waals surface area contributed by atoms with E-state index in [1.54, 1.807) is 0 Å². The van der Waals surface area contributed by atoms with Crippen LogP contribution in [0.3, 0.4) is 0 Å². The molecule has 0 aromatic rings. The molecular formula is C14H30N2O. The monoisotopic (exact) mass is 242 g/mol. The molecule has 0 radical (unpaired) electrons. The minimum Gasteiger partial charge on any atom is -0.380 e. The Morgan fingerprint density at radius 3 is 2.82 bits per heavy atom. The standard InChI is InChI=1S/C14H30N2O/c1-3-14-8-6-5-7-11-16(14)12-9-15-10-13-17-4-2/h14-15H,3-13H2,1-2H3. The lowest BCUT2D eigenvalue weighted by atomic mass is 10.1. The number of rotatable bonds is 8. The maximum Gasteiger partial charge on any atom is 0.0590 e. The topological polar surface area (TPSA) is 24.5 Å². The minimum absolute atomic E-state index is 0.825. The first-order chi connectivity index (χ1) is 8.38. The zero-order valence-corrected chi connectivity index (χ0v) is 11.7. The SMILES string of the molecule is CCOCCNCCN1CCCCCC1CC. The fourth-order valence-corrected chi connectivity index (χ4v) is 2.63. The van der Waals surface area contributed by atoms with E-state index >= 15 is 0 Å². The molecule has 1 fully saturated rings. The summed E-state index contributed by atoms with van der Waals surface area (Å²) in [5.41, 5.74) is 0. The molecule has 0 aromatic carbocycles. The van der Waals surface area contributed by atoms with Gasteiger partial charge in [0.05, 0.1) is 6.61 Å². The van der Waals surface area contributed by atoms with Crippen LogP contribution >= 0.6 is 0 Å². The molecule has 1 saturated heterocycles. The van der Waals surface area contributed by atoms with E-state index in [2.05, 4.69) is 17.1 Å². The van der Waals surface area contributed by atoms with Crippen molar-refractivity contribution in [2.75, 3.05) is 39.4 Å². The number of nitrogens with one attached hydrogen (secondary N) is 1. The molecule has 1 heterocycles. The quantitative estimate of drug-likeness (QED) is 0.661. The van der Waals surface area contributed by atoms with Crippen LogP contribution in [-0.2, 0) is 4.74 Å². The van der Waals surface area contributed by atoms with Crippen molar-refractivity contribution in [2.24, 2.45) is 0 Å². The van der Waals surface area contributed by atoms with Crippen LogP contribution in [-0.4, -0.2) is 50.3 Å². The molecule has 0 bridgehead atoms. The van der Waals surface area contributed by atoms with Crippen molar-refractivity contribution in [3.05, 3.63) is 0 Å². The van der Waals surface area contributed by atoms with Gasteiger partial charge in [0.15, 0.2) is 0 Å². The van der Waals surface area contributed by atoms with Gasteiger partial charge in [-0.05, 0) is 32.7 Å². The molecule has 0 spiro atoms. The highest BCUT2D eigenvalue weighted by atomic mass is 16.5. The summed E-state index contributed by atoms with van der Waals surface area (Å²) < 4.78 is 5.31.